The maximum atomic E-state index is 8.86. The van der Waals surface area contributed by atoms with Gasteiger partial charge in [-0.05, 0) is 49.6 Å². The molecule has 0 atom stereocenters. The molecule has 0 amide bonds. The van der Waals surface area contributed by atoms with E-state index in [2.05, 4.69) is 37.1 Å². The first-order valence-electron chi connectivity index (χ1n) is 8.01. The van der Waals surface area contributed by atoms with Crippen LogP contribution in [0.5, 0.6) is 0 Å². The highest BCUT2D eigenvalue weighted by atomic mass is 15.6. The van der Waals surface area contributed by atoms with Gasteiger partial charge in [0.25, 0.3) is 0 Å². The minimum atomic E-state index is 0.389. The van der Waals surface area contributed by atoms with Crippen LogP contribution in [-0.4, -0.2) is 25.1 Å². The van der Waals surface area contributed by atoms with Gasteiger partial charge in [-0.15, -0.1) is 10.2 Å². The summed E-state index contributed by atoms with van der Waals surface area (Å²) >= 11 is 0. The second-order valence-corrected chi connectivity index (χ2v) is 6.03. The van der Waals surface area contributed by atoms with Crippen LogP contribution < -0.4 is 10.7 Å². The van der Waals surface area contributed by atoms with E-state index in [9.17, 15) is 0 Å². The van der Waals surface area contributed by atoms with Crippen molar-refractivity contribution in [2.75, 3.05) is 10.7 Å². The molecule has 25 heavy (non-hydrogen) atoms. The fraction of sp³-hybridized carbons (Fsp3) is 0.235. The number of anilines is 3. The number of nitrogens with zero attached hydrogens (tertiary/aromatic N) is 6. The van der Waals surface area contributed by atoms with Crippen LogP contribution >= 0.6 is 0 Å². The summed E-state index contributed by atoms with van der Waals surface area (Å²) in [5, 5.41) is 24.7. The Morgan fingerprint density at radius 1 is 1.20 bits per heavy atom. The summed E-state index contributed by atoms with van der Waals surface area (Å²) in [6.45, 7) is 1.98. The second kappa shape index (κ2) is 6.20. The van der Waals surface area contributed by atoms with Crippen LogP contribution in [0.2, 0.25) is 0 Å². The van der Waals surface area contributed by atoms with Crippen molar-refractivity contribution < 1.29 is 0 Å². The molecule has 0 spiro atoms. The zero-order chi connectivity index (χ0) is 17.2. The highest BCUT2D eigenvalue weighted by Gasteiger charge is 2.29. The zero-order valence-electron chi connectivity index (χ0n) is 13.6. The van der Waals surface area contributed by atoms with Crippen LogP contribution in [0.15, 0.2) is 36.7 Å². The first kappa shape index (κ1) is 15.1. The van der Waals surface area contributed by atoms with Gasteiger partial charge in [0.05, 0.1) is 24.0 Å². The SMILES string of the molecule is Cc1cnn(Nc2nc(Nc3ccc(C#N)cc3)nnc2C2CC2)c1. The maximum Gasteiger partial charge on any atom is 0.249 e. The first-order chi connectivity index (χ1) is 12.2. The van der Waals surface area contributed by atoms with E-state index in [0.29, 0.717) is 23.2 Å². The van der Waals surface area contributed by atoms with Gasteiger partial charge in [-0.2, -0.15) is 20.1 Å². The molecular weight excluding hydrogens is 316 g/mol. The monoisotopic (exact) mass is 332 g/mol. The molecule has 1 aliphatic rings. The van der Waals surface area contributed by atoms with Crippen LogP contribution in [0.4, 0.5) is 17.5 Å². The summed E-state index contributed by atoms with van der Waals surface area (Å²) in [6, 6.07) is 9.18. The van der Waals surface area contributed by atoms with E-state index in [0.717, 1.165) is 29.8 Å². The molecule has 2 heterocycles. The molecular formula is C17H16N8. The Balaban J connectivity index is 1.60. The molecule has 1 saturated carbocycles. The minimum absolute atomic E-state index is 0.389. The van der Waals surface area contributed by atoms with Crippen molar-refractivity contribution in [1.82, 2.24) is 25.1 Å². The summed E-state index contributed by atoms with van der Waals surface area (Å²) in [6.07, 6.45) is 5.86. The number of nitriles is 1. The van der Waals surface area contributed by atoms with E-state index < -0.39 is 0 Å². The van der Waals surface area contributed by atoms with E-state index in [1.165, 1.54) is 0 Å². The molecule has 0 radical (unpaired) electrons. The second-order valence-electron chi connectivity index (χ2n) is 6.03. The van der Waals surface area contributed by atoms with Gasteiger partial charge in [0.2, 0.25) is 5.95 Å². The summed E-state index contributed by atoms with van der Waals surface area (Å²) in [7, 11) is 0. The molecule has 2 N–H and O–H groups in total. The number of rotatable bonds is 5. The number of benzene rings is 1. The Labute approximate surface area is 144 Å². The standard InChI is InChI=1S/C17H16N8/c1-11-9-19-25(10-11)24-16-15(13-4-5-13)22-23-17(21-16)20-14-6-2-12(8-18)3-7-14/h2-3,6-7,9-10,13H,4-5H2,1H3,(H2,20,21,23,24). The van der Waals surface area contributed by atoms with E-state index in [1.54, 1.807) is 35.3 Å². The summed E-state index contributed by atoms with van der Waals surface area (Å²) in [5.74, 6) is 1.44. The number of nitrogens with one attached hydrogen (secondary N) is 2. The molecule has 4 rings (SSSR count). The molecule has 1 aliphatic carbocycles. The van der Waals surface area contributed by atoms with E-state index in [4.69, 9.17) is 5.26 Å². The Morgan fingerprint density at radius 2 is 2.00 bits per heavy atom. The molecule has 8 heteroatoms. The van der Waals surface area contributed by atoms with Gasteiger partial charge in [-0.25, -0.2) is 0 Å². The predicted octanol–water partition coefficient (Wildman–Crippen LogP) is 2.74. The lowest BCUT2D eigenvalue weighted by Crippen LogP contribution is -2.15. The van der Waals surface area contributed by atoms with Crippen molar-refractivity contribution in [3.05, 3.63) is 53.5 Å². The normalized spacial score (nSPS) is 13.3. The van der Waals surface area contributed by atoms with Crippen LogP contribution in [0.25, 0.3) is 0 Å². The Morgan fingerprint density at radius 3 is 2.64 bits per heavy atom. The smallest absolute Gasteiger partial charge is 0.249 e. The Bertz CT molecular complexity index is 934. The van der Waals surface area contributed by atoms with Crippen molar-refractivity contribution >= 4 is 17.5 Å². The Kier molecular flexibility index (Phi) is 3.74. The van der Waals surface area contributed by atoms with Crippen LogP contribution in [0.3, 0.4) is 0 Å². The highest BCUT2D eigenvalue weighted by molar-refractivity contribution is 5.56. The van der Waals surface area contributed by atoms with Gasteiger partial charge < -0.3 is 5.32 Å². The van der Waals surface area contributed by atoms with E-state index in [-0.39, 0.29) is 0 Å². The Hall–Kier alpha value is -3.47. The molecule has 0 bridgehead atoms. The van der Waals surface area contributed by atoms with Gasteiger partial charge in [-0.1, -0.05) is 0 Å². The van der Waals surface area contributed by atoms with Crippen LogP contribution in [0, 0.1) is 18.3 Å². The fourth-order valence-corrected chi connectivity index (χ4v) is 2.44. The summed E-state index contributed by atoms with van der Waals surface area (Å²) in [5.41, 5.74) is 6.48. The third-order valence-electron chi connectivity index (χ3n) is 3.88. The number of hydrogen-bond donors (Lipinski definition) is 2. The zero-order valence-corrected chi connectivity index (χ0v) is 13.6. The van der Waals surface area contributed by atoms with Gasteiger partial charge in [0, 0.05) is 11.6 Å². The fourth-order valence-electron chi connectivity index (χ4n) is 2.44. The highest BCUT2D eigenvalue weighted by Crippen LogP contribution is 2.41. The molecule has 0 aliphatic heterocycles. The largest absolute Gasteiger partial charge is 0.323 e. The lowest BCUT2D eigenvalue weighted by atomic mass is 10.2. The van der Waals surface area contributed by atoms with Crippen molar-refractivity contribution in [2.24, 2.45) is 0 Å². The van der Waals surface area contributed by atoms with Crippen LogP contribution in [0.1, 0.15) is 35.6 Å². The molecule has 2 aromatic heterocycles. The number of aryl methyl sites for hydroxylation is 1. The average molecular weight is 332 g/mol. The lowest BCUT2D eigenvalue weighted by molar-refractivity contribution is 0.775. The lowest BCUT2D eigenvalue weighted by Gasteiger charge is -2.11. The summed E-state index contributed by atoms with van der Waals surface area (Å²) < 4.78 is 0. The predicted molar refractivity (Wildman–Crippen MR) is 92.2 cm³/mol. The third-order valence-corrected chi connectivity index (χ3v) is 3.88. The molecule has 1 fully saturated rings. The molecule has 3 aromatic rings. The molecule has 124 valence electrons. The van der Waals surface area contributed by atoms with Crippen molar-refractivity contribution in [3.8, 4) is 6.07 Å². The van der Waals surface area contributed by atoms with Crippen molar-refractivity contribution in [2.45, 2.75) is 25.7 Å². The van der Waals surface area contributed by atoms with Gasteiger partial charge >= 0.3 is 0 Å². The summed E-state index contributed by atoms with van der Waals surface area (Å²) in [4.78, 5) is 6.18. The molecule has 1 aromatic carbocycles. The van der Waals surface area contributed by atoms with Crippen LogP contribution in [-0.2, 0) is 0 Å². The molecule has 8 nitrogen and oxygen atoms in total. The topological polar surface area (TPSA) is 104 Å². The average Bonchev–Trinajstić information content (AvgIpc) is 3.38. The quantitative estimate of drug-likeness (QED) is 0.740. The van der Waals surface area contributed by atoms with Crippen molar-refractivity contribution in [1.29, 1.82) is 5.26 Å². The number of aromatic nitrogens is 5. The van der Waals surface area contributed by atoms with Gasteiger partial charge in [0.1, 0.15) is 5.69 Å². The first-order valence-corrected chi connectivity index (χ1v) is 8.01. The minimum Gasteiger partial charge on any atom is -0.323 e. The van der Waals surface area contributed by atoms with E-state index in [1.807, 2.05) is 13.1 Å². The molecule has 0 unspecified atom stereocenters. The maximum absolute atomic E-state index is 8.86. The van der Waals surface area contributed by atoms with Gasteiger partial charge in [0.15, 0.2) is 5.82 Å². The number of hydrogen-bond acceptors (Lipinski definition) is 7. The van der Waals surface area contributed by atoms with E-state index >= 15 is 0 Å². The molecule has 0 saturated heterocycles. The van der Waals surface area contributed by atoms with Crippen molar-refractivity contribution in [3.63, 3.8) is 0 Å². The third kappa shape index (κ3) is 3.40. The van der Waals surface area contributed by atoms with Gasteiger partial charge in [-0.3, -0.25) is 5.43 Å².